The number of rotatable bonds is 4. The zero-order chi connectivity index (χ0) is 13.1. The molecule has 1 atom stereocenters. The molecule has 0 amide bonds. The molecule has 0 saturated heterocycles. The van der Waals surface area contributed by atoms with Gasteiger partial charge in [-0.2, -0.15) is 0 Å². The van der Waals surface area contributed by atoms with Crippen LogP contribution in [0.3, 0.4) is 0 Å². The minimum atomic E-state index is -0.943. The molecule has 0 saturated carbocycles. The number of aromatic carboxylic acids is 1. The van der Waals surface area contributed by atoms with Gasteiger partial charge in [0.05, 0.1) is 10.7 Å². The zero-order valence-electron chi connectivity index (χ0n) is 9.96. The van der Waals surface area contributed by atoms with Gasteiger partial charge in [-0.3, -0.25) is 0 Å². The molecule has 1 aromatic heterocycles. The number of hydrogen-bond donors (Lipinski definition) is 2. The van der Waals surface area contributed by atoms with Crippen LogP contribution in [0.15, 0.2) is 30.3 Å². The van der Waals surface area contributed by atoms with Crippen LogP contribution in [0.1, 0.15) is 27.5 Å². The van der Waals surface area contributed by atoms with Crippen LogP contribution in [-0.2, 0) is 0 Å². The molecule has 94 valence electrons. The third-order valence-corrected chi connectivity index (χ3v) is 3.94. The number of carbonyl (C=O) groups is 1. The van der Waals surface area contributed by atoms with Crippen molar-refractivity contribution in [3.8, 4) is 11.3 Å². The van der Waals surface area contributed by atoms with Crippen molar-refractivity contribution in [2.45, 2.75) is 12.8 Å². The molecule has 4 nitrogen and oxygen atoms in total. The van der Waals surface area contributed by atoms with Gasteiger partial charge >= 0.3 is 5.97 Å². The van der Waals surface area contributed by atoms with Crippen molar-refractivity contribution in [3.05, 3.63) is 40.2 Å². The highest BCUT2D eigenvalue weighted by molar-refractivity contribution is 7.14. The third-order valence-electron chi connectivity index (χ3n) is 2.66. The van der Waals surface area contributed by atoms with Crippen LogP contribution in [-0.4, -0.2) is 22.6 Å². The molecule has 0 radical (unpaired) electrons. The van der Waals surface area contributed by atoms with Crippen molar-refractivity contribution in [1.82, 2.24) is 4.98 Å². The number of carboxylic acid groups (broad SMARTS) is 1. The second-order valence-corrected chi connectivity index (χ2v) is 5.07. The van der Waals surface area contributed by atoms with Crippen LogP contribution in [0.5, 0.6) is 0 Å². The summed E-state index contributed by atoms with van der Waals surface area (Å²) in [5, 5.41) is 10.0. The first-order valence-electron chi connectivity index (χ1n) is 5.63. The second-order valence-electron chi connectivity index (χ2n) is 4.04. The fourth-order valence-electron chi connectivity index (χ4n) is 1.58. The Kier molecular flexibility index (Phi) is 3.74. The van der Waals surface area contributed by atoms with E-state index in [9.17, 15) is 9.90 Å². The van der Waals surface area contributed by atoms with E-state index in [2.05, 4.69) is 4.98 Å². The van der Waals surface area contributed by atoms with E-state index in [0.717, 1.165) is 10.6 Å². The fraction of sp³-hybridized carbons (Fsp3) is 0.231. The average molecular weight is 262 g/mol. The topological polar surface area (TPSA) is 76.2 Å². The largest absolute Gasteiger partial charge is 0.477 e. The van der Waals surface area contributed by atoms with E-state index in [4.69, 9.17) is 5.73 Å². The Hall–Kier alpha value is -1.72. The molecule has 0 bridgehead atoms. The van der Waals surface area contributed by atoms with Gasteiger partial charge in [-0.1, -0.05) is 37.3 Å². The van der Waals surface area contributed by atoms with Crippen molar-refractivity contribution >= 4 is 17.3 Å². The molecule has 1 heterocycles. The van der Waals surface area contributed by atoms with Crippen molar-refractivity contribution in [1.29, 1.82) is 0 Å². The minimum absolute atomic E-state index is 0.0746. The van der Waals surface area contributed by atoms with Crippen LogP contribution >= 0.6 is 11.3 Å². The second kappa shape index (κ2) is 5.29. The number of thiazole rings is 1. The van der Waals surface area contributed by atoms with Gasteiger partial charge in [-0.25, -0.2) is 9.78 Å². The number of nitrogens with two attached hydrogens (primary N) is 1. The molecule has 0 fully saturated rings. The molecule has 0 aliphatic heterocycles. The van der Waals surface area contributed by atoms with E-state index < -0.39 is 5.97 Å². The number of aromatic nitrogens is 1. The van der Waals surface area contributed by atoms with Gasteiger partial charge in [0.1, 0.15) is 4.88 Å². The highest BCUT2D eigenvalue weighted by Crippen LogP contribution is 2.31. The standard InChI is InChI=1S/C13H14N2O2S/c1-8(7-14)12-15-10(11(18-12)13(16)17)9-5-3-2-4-6-9/h2-6,8H,7,14H2,1H3,(H,16,17). The molecule has 0 aliphatic rings. The Labute approximate surface area is 109 Å². The van der Waals surface area contributed by atoms with E-state index in [1.165, 1.54) is 11.3 Å². The Morgan fingerprint density at radius 2 is 2.11 bits per heavy atom. The van der Waals surface area contributed by atoms with Crippen LogP contribution in [0.25, 0.3) is 11.3 Å². The van der Waals surface area contributed by atoms with E-state index in [1.54, 1.807) is 0 Å². The molecule has 0 aliphatic carbocycles. The highest BCUT2D eigenvalue weighted by atomic mass is 32.1. The van der Waals surface area contributed by atoms with E-state index >= 15 is 0 Å². The fourth-order valence-corrected chi connectivity index (χ4v) is 2.58. The van der Waals surface area contributed by atoms with E-state index in [0.29, 0.717) is 12.2 Å². The summed E-state index contributed by atoms with van der Waals surface area (Å²) in [5.41, 5.74) is 6.95. The molecule has 1 unspecified atom stereocenters. The molecule has 2 rings (SSSR count). The van der Waals surface area contributed by atoms with Crippen molar-refractivity contribution in [2.24, 2.45) is 5.73 Å². The molecular formula is C13H14N2O2S. The summed E-state index contributed by atoms with van der Waals surface area (Å²) >= 11 is 1.20. The first kappa shape index (κ1) is 12.7. The molecular weight excluding hydrogens is 248 g/mol. The molecule has 1 aromatic carbocycles. The first-order valence-corrected chi connectivity index (χ1v) is 6.44. The van der Waals surface area contributed by atoms with Gasteiger partial charge in [0.2, 0.25) is 0 Å². The Balaban J connectivity index is 2.52. The lowest BCUT2D eigenvalue weighted by Gasteiger charge is -2.01. The maximum atomic E-state index is 11.3. The lowest BCUT2D eigenvalue weighted by Crippen LogP contribution is -2.08. The number of benzene rings is 1. The van der Waals surface area contributed by atoms with Crippen molar-refractivity contribution in [3.63, 3.8) is 0 Å². The maximum Gasteiger partial charge on any atom is 0.348 e. The van der Waals surface area contributed by atoms with Crippen LogP contribution in [0, 0.1) is 0 Å². The molecule has 0 spiro atoms. The summed E-state index contributed by atoms with van der Waals surface area (Å²) in [6.07, 6.45) is 0. The zero-order valence-corrected chi connectivity index (χ0v) is 10.8. The normalized spacial score (nSPS) is 12.3. The lowest BCUT2D eigenvalue weighted by molar-refractivity contribution is 0.0702. The van der Waals surface area contributed by atoms with Gasteiger partial charge in [-0.05, 0) is 0 Å². The van der Waals surface area contributed by atoms with Gasteiger partial charge in [0.25, 0.3) is 0 Å². The predicted octanol–water partition coefficient (Wildman–Crippen LogP) is 2.57. The van der Waals surface area contributed by atoms with Gasteiger partial charge in [0, 0.05) is 18.0 Å². The highest BCUT2D eigenvalue weighted by Gasteiger charge is 2.20. The van der Waals surface area contributed by atoms with E-state index in [-0.39, 0.29) is 10.8 Å². The van der Waals surface area contributed by atoms with Gasteiger partial charge < -0.3 is 10.8 Å². The van der Waals surface area contributed by atoms with Gasteiger partial charge in [-0.15, -0.1) is 11.3 Å². The number of carboxylic acids is 1. The third kappa shape index (κ3) is 2.42. The smallest absolute Gasteiger partial charge is 0.348 e. The summed E-state index contributed by atoms with van der Waals surface area (Å²) in [7, 11) is 0. The quantitative estimate of drug-likeness (QED) is 0.887. The monoisotopic (exact) mass is 262 g/mol. The van der Waals surface area contributed by atoms with Crippen molar-refractivity contribution < 1.29 is 9.90 Å². The molecule has 2 aromatic rings. The average Bonchev–Trinajstić information content (AvgIpc) is 2.84. The summed E-state index contributed by atoms with van der Waals surface area (Å²) in [5.74, 6) is -0.868. The SMILES string of the molecule is CC(CN)c1nc(-c2ccccc2)c(C(=O)O)s1. The Morgan fingerprint density at radius 3 is 2.67 bits per heavy atom. The minimum Gasteiger partial charge on any atom is -0.477 e. The maximum absolute atomic E-state index is 11.3. The van der Waals surface area contributed by atoms with Crippen molar-refractivity contribution in [2.75, 3.05) is 6.54 Å². The summed E-state index contributed by atoms with van der Waals surface area (Å²) in [4.78, 5) is 16.0. The number of hydrogen-bond acceptors (Lipinski definition) is 4. The molecule has 18 heavy (non-hydrogen) atoms. The summed E-state index contributed by atoms with van der Waals surface area (Å²) < 4.78 is 0. The van der Waals surface area contributed by atoms with Crippen LogP contribution < -0.4 is 5.73 Å². The summed E-state index contributed by atoms with van der Waals surface area (Å²) in [6, 6.07) is 9.34. The predicted molar refractivity (Wildman–Crippen MR) is 72.0 cm³/mol. The van der Waals surface area contributed by atoms with Crippen LogP contribution in [0.4, 0.5) is 0 Å². The van der Waals surface area contributed by atoms with E-state index in [1.807, 2.05) is 37.3 Å². The Bertz CT molecular complexity index is 551. The Morgan fingerprint density at radius 1 is 1.44 bits per heavy atom. The number of nitrogens with zero attached hydrogens (tertiary/aromatic N) is 1. The summed E-state index contributed by atoms with van der Waals surface area (Å²) in [6.45, 7) is 2.40. The first-order chi connectivity index (χ1) is 8.63. The molecule has 5 heteroatoms. The molecule has 3 N–H and O–H groups in total. The van der Waals surface area contributed by atoms with Crippen LogP contribution in [0.2, 0.25) is 0 Å². The lowest BCUT2D eigenvalue weighted by atomic mass is 10.1. The van der Waals surface area contributed by atoms with Gasteiger partial charge in [0.15, 0.2) is 0 Å².